The van der Waals surface area contributed by atoms with Crippen LogP contribution in [0.4, 0.5) is 34.1 Å². The van der Waals surface area contributed by atoms with Gasteiger partial charge in [0.15, 0.2) is 0 Å². The van der Waals surface area contributed by atoms with Crippen molar-refractivity contribution >= 4 is 121 Å². The predicted molar refractivity (Wildman–Crippen MR) is 542 cm³/mol. The first kappa shape index (κ1) is 74.5. The van der Waals surface area contributed by atoms with E-state index in [4.69, 9.17) is 8.83 Å². The van der Waals surface area contributed by atoms with Crippen molar-refractivity contribution in [3.63, 3.8) is 0 Å². The van der Waals surface area contributed by atoms with Gasteiger partial charge in [0.05, 0.1) is 22.2 Å². The van der Waals surface area contributed by atoms with Crippen molar-refractivity contribution in [3.05, 3.63) is 530 Å². The van der Waals surface area contributed by atoms with Gasteiger partial charge >= 0.3 is 0 Å². The fraction of sp³-hybridized carbons (Fsp3) is 0.0159. The van der Waals surface area contributed by atoms with E-state index in [2.05, 4.69) is 477 Å². The first-order valence-electron chi connectivity index (χ1n) is 44.9. The Morgan fingerprint density at radius 2 is 0.462 bits per heavy atom. The fourth-order valence-electron chi connectivity index (χ4n) is 22.3. The Morgan fingerprint density at radius 3 is 0.892 bits per heavy atom. The van der Waals surface area contributed by atoms with Gasteiger partial charge in [-0.05, 0) is 228 Å². The summed E-state index contributed by atoms with van der Waals surface area (Å²) in [5.74, 6) is 0. The van der Waals surface area contributed by atoms with E-state index in [1.54, 1.807) is 0 Å². The zero-order valence-corrected chi connectivity index (χ0v) is 70.9. The number of hydrogen-bond acceptors (Lipinski definition) is 4. The molecule has 606 valence electrons. The second kappa shape index (κ2) is 29.9. The van der Waals surface area contributed by atoms with Crippen LogP contribution in [-0.2, 0) is 10.8 Å². The van der Waals surface area contributed by atoms with Crippen LogP contribution in [0.5, 0.6) is 0 Å². The molecule has 3 aliphatic carbocycles. The first-order chi connectivity index (χ1) is 64.5. The highest BCUT2D eigenvalue weighted by Gasteiger charge is 2.53. The molecule has 2 heterocycles. The van der Waals surface area contributed by atoms with Crippen molar-refractivity contribution < 1.29 is 8.83 Å². The summed E-state index contributed by atoms with van der Waals surface area (Å²) in [5.41, 5.74) is 36.4. The lowest BCUT2D eigenvalue weighted by atomic mass is 9.68. The molecule has 0 unspecified atom stereocenters. The summed E-state index contributed by atoms with van der Waals surface area (Å²) in [6, 6.07) is 178. The molecule has 130 heavy (non-hydrogen) atoms. The Balaban J connectivity index is 0.000000137. The van der Waals surface area contributed by atoms with Crippen LogP contribution >= 0.6 is 0 Å². The number of hydrogen-bond donors (Lipinski definition) is 0. The topological polar surface area (TPSA) is 32.8 Å². The van der Waals surface area contributed by atoms with Crippen molar-refractivity contribution in [1.82, 2.24) is 0 Å². The standard InChI is InChI=1S/C63H39NO.C63H41NO/c1-2-14-47-41(13-1)27-28-44-39-43(33-38-48(44)47)40-29-34-45(35-30-40)64(46-36-31-42(32-37-46)49-19-11-20-53-52-17-6-10-26-60(52)65-62(49)53)59-25-12-24-58-61(59)54-18-5-9-23-57(54)63(58)55-21-7-3-15-50(55)51-16-4-8-22-56(51)63;1-3-16-47(17-4-1)63(48-18-5-2-6-19-48)57-25-11-9-22-56(57)61-58(63)26-14-27-59(61)64(50-38-33-44(34-39-50)53-23-13-24-55-54-21-10-12-28-60(54)65-62(53)55)49-36-31-42(32-37-49)45-35-40-52-46(41-45)30-29-43-15-7-8-20-51(43)52/h1-39H;1-41H. The van der Waals surface area contributed by atoms with Crippen molar-refractivity contribution in [2.75, 3.05) is 9.80 Å². The summed E-state index contributed by atoms with van der Waals surface area (Å²) in [6.07, 6.45) is 0. The first-order valence-corrected chi connectivity index (χ1v) is 44.9. The molecule has 3 aliphatic rings. The van der Waals surface area contributed by atoms with E-state index in [0.29, 0.717) is 0 Å². The predicted octanol–water partition coefficient (Wildman–Crippen LogP) is 34.1. The number of fused-ring (bicyclic) bond motifs is 25. The van der Waals surface area contributed by atoms with Crippen LogP contribution in [0, 0.1) is 0 Å². The lowest BCUT2D eigenvalue weighted by Crippen LogP contribution is -2.28. The molecule has 0 saturated carbocycles. The summed E-state index contributed by atoms with van der Waals surface area (Å²) in [6.45, 7) is 0. The van der Waals surface area contributed by atoms with Gasteiger partial charge in [-0.3, -0.25) is 0 Å². The van der Waals surface area contributed by atoms with Crippen molar-refractivity contribution in [3.8, 4) is 77.9 Å². The molecule has 0 fully saturated rings. The smallest absolute Gasteiger partial charge is 0.143 e. The van der Waals surface area contributed by atoms with Crippen LogP contribution in [0.15, 0.2) is 494 Å². The number of para-hydroxylation sites is 4. The third-order valence-electron chi connectivity index (χ3n) is 28.0. The molecule has 0 bridgehead atoms. The minimum atomic E-state index is -0.517. The Morgan fingerprint density at radius 1 is 0.169 bits per heavy atom. The molecule has 22 aromatic carbocycles. The zero-order valence-electron chi connectivity index (χ0n) is 70.9. The van der Waals surface area contributed by atoms with E-state index in [-0.39, 0.29) is 0 Å². The van der Waals surface area contributed by atoms with Crippen LogP contribution < -0.4 is 9.80 Å². The van der Waals surface area contributed by atoms with E-state index in [0.717, 1.165) is 100 Å². The summed E-state index contributed by atoms with van der Waals surface area (Å²) in [7, 11) is 0. The molecule has 24 aromatic rings. The van der Waals surface area contributed by atoms with Gasteiger partial charge in [0, 0.05) is 66.5 Å². The average molecular weight is 1650 g/mol. The van der Waals surface area contributed by atoms with Gasteiger partial charge in [-0.15, -0.1) is 0 Å². The number of anilines is 6. The Bertz CT molecular complexity index is 8160. The van der Waals surface area contributed by atoms with Crippen LogP contribution in [0.2, 0.25) is 0 Å². The largest absolute Gasteiger partial charge is 0.455 e. The summed E-state index contributed by atoms with van der Waals surface area (Å²) in [5, 5.41) is 14.6. The van der Waals surface area contributed by atoms with Gasteiger partial charge in [0.2, 0.25) is 0 Å². The second-order valence-corrected chi connectivity index (χ2v) is 34.7. The normalized spacial score (nSPS) is 12.9. The summed E-state index contributed by atoms with van der Waals surface area (Å²) < 4.78 is 13.0. The van der Waals surface area contributed by atoms with Crippen LogP contribution in [0.1, 0.15) is 44.5 Å². The van der Waals surface area contributed by atoms with Gasteiger partial charge in [0.25, 0.3) is 0 Å². The van der Waals surface area contributed by atoms with E-state index >= 15 is 0 Å². The second-order valence-electron chi connectivity index (χ2n) is 34.7. The number of furan rings is 2. The van der Waals surface area contributed by atoms with Crippen LogP contribution in [0.25, 0.3) is 165 Å². The van der Waals surface area contributed by atoms with Crippen LogP contribution in [-0.4, -0.2) is 0 Å². The molecular weight excluding hydrogens is 1570 g/mol. The quantitative estimate of drug-likeness (QED) is 0.114. The van der Waals surface area contributed by atoms with Gasteiger partial charge < -0.3 is 18.6 Å². The molecule has 0 saturated heterocycles. The Hall–Kier alpha value is -16.9. The zero-order chi connectivity index (χ0) is 85.5. The van der Waals surface area contributed by atoms with Gasteiger partial charge in [-0.1, -0.05) is 400 Å². The maximum absolute atomic E-state index is 6.51. The van der Waals surface area contributed by atoms with E-state index < -0.39 is 10.8 Å². The number of rotatable bonds is 12. The lowest BCUT2D eigenvalue weighted by molar-refractivity contribution is 0.669. The third-order valence-corrected chi connectivity index (χ3v) is 28.0. The van der Waals surface area contributed by atoms with E-state index in [1.807, 2.05) is 18.2 Å². The highest BCUT2D eigenvalue weighted by atomic mass is 16.3. The monoisotopic (exact) mass is 1650 g/mol. The molecule has 0 amide bonds. The Labute approximate surface area is 753 Å². The molecule has 4 nitrogen and oxygen atoms in total. The molecule has 1 spiro atoms. The molecular formula is C126H80N2O2. The minimum Gasteiger partial charge on any atom is -0.455 e. The molecule has 0 aliphatic heterocycles. The molecule has 0 atom stereocenters. The highest BCUT2D eigenvalue weighted by molar-refractivity contribution is 6.14. The molecule has 4 heteroatoms. The maximum Gasteiger partial charge on any atom is 0.143 e. The molecule has 2 aromatic heterocycles. The summed E-state index contributed by atoms with van der Waals surface area (Å²) in [4.78, 5) is 4.91. The minimum absolute atomic E-state index is 0.443. The number of nitrogens with zero attached hydrogens (tertiary/aromatic N) is 2. The molecule has 27 rings (SSSR count). The average Bonchev–Trinajstić information content (AvgIpc) is 1.50. The van der Waals surface area contributed by atoms with Crippen molar-refractivity contribution in [2.24, 2.45) is 0 Å². The lowest BCUT2D eigenvalue weighted by Gasteiger charge is -2.34. The SMILES string of the molecule is c1ccc(C2(c3ccccc3)c3ccccc3-c3c(N(c4ccc(-c5ccc6c(ccc7ccccc76)c5)cc4)c4ccc(-c5cccc6c5oc5ccccc56)cc4)cccc32)cc1.c1ccc2c(c1)-c1ccccc1C21c2ccccc2-c2c(N(c3ccc(-c4ccc5c(ccc6ccccc65)c4)cc3)c3ccc(-c4cccc5c4oc4ccccc45)cc3)cccc21. The third kappa shape index (κ3) is 11.4. The summed E-state index contributed by atoms with van der Waals surface area (Å²) >= 11 is 0. The Kier molecular flexibility index (Phi) is 17.1. The van der Waals surface area contributed by atoms with Gasteiger partial charge in [0.1, 0.15) is 22.3 Å². The highest BCUT2D eigenvalue weighted by Crippen LogP contribution is 2.66. The van der Waals surface area contributed by atoms with Crippen molar-refractivity contribution in [2.45, 2.75) is 10.8 Å². The van der Waals surface area contributed by atoms with Crippen molar-refractivity contribution in [1.29, 1.82) is 0 Å². The van der Waals surface area contributed by atoms with Gasteiger partial charge in [-0.2, -0.15) is 0 Å². The molecule has 0 N–H and O–H groups in total. The van der Waals surface area contributed by atoms with E-state index in [9.17, 15) is 0 Å². The van der Waals surface area contributed by atoms with Gasteiger partial charge in [-0.25, -0.2) is 0 Å². The van der Waals surface area contributed by atoms with Crippen LogP contribution in [0.3, 0.4) is 0 Å². The molecule has 0 radical (unpaired) electrons. The fourth-order valence-corrected chi connectivity index (χ4v) is 22.3. The maximum atomic E-state index is 6.51. The number of benzene rings is 22. The van der Waals surface area contributed by atoms with E-state index in [1.165, 1.54) is 143 Å².